The van der Waals surface area contributed by atoms with Gasteiger partial charge in [0, 0.05) is 10.2 Å². The molecular formula is C12H10BrF2N3O2S. The van der Waals surface area contributed by atoms with Crippen molar-refractivity contribution in [2.24, 2.45) is 5.14 Å². The molecule has 0 atom stereocenters. The lowest BCUT2D eigenvalue weighted by atomic mass is 10.2. The summed E-state index contributed by atoms with van der Waals surface area (Å²) in [6.07, 6.45) is 0. The Morgan fingerprint density at radius 1 is 1.10 bits per heavy atom. The number of nitrogens with one attached hydrogen (secondary N) is 1. The quantitative estimate of drug-likeness (QED) is 0.716. The molecule has 0 spiro atoms. The van der Waals surface area contributed by atoms with E-state index in [9.17, 15) is 17.2 Å². The van der Waals surface area contributed by atoms with E-state index in [1.54, 1.807) is 0 Å². The third kappa shape index (κ3) is 3.49. The minimum Gasteiger partial charge on any atom is -0.398 e. The molecule has 0 heterocycles. The van der Waals surface area contributed by atoms with Gasteiger partial charge in [-0.05, 0) is 30.3 Å². The highest BCUT2D eigenvalue weighted by atomic mass is 79.9. The third-order valence-electron chi connectivity index (χ3n) is 2.59. The Morgan fingerprint density at radius 3 is 2.14 bits per heavy atom. The first-order valence-corrected chi connectivity index (χ1v) is 7.86. The molecule has 2 aromatic carbocycles. The minimum atomic E-state index is -3.95. The van der Waals surface area contributed by atoms with Crippen LogP contribution in [0.2, 0.25) is 0 Å². The van der Waals surface area contributed by atoms with E-state index in [4.69, 9.17) is 10.9 Å². The van der Waals surface area contributed by atoms with Crippen molar-refractivity contribution in [1.82, 2.24) is 0 Å². The summed E-state index contributed by atoms with van der Waals surface area (Å²) in [5, 5.41) is 7.47. The van der Waals surface area contributed by atoms with Crippen molar-refractivity contribution in [3.05, 3.63) is 46.4 Å². The van der Waals surface area contributed by atoms with Gasteiger partial charge in [0.15, 0.2) is 11.6 Å². The molecule has 0 aliphatic rings. The lowest BCUT2D eigenvalue weighted by Gasteiger charge is -2.11. The van der Waals surface area contributed by atoms with Crippen molar-refractivity contribution in [1.29, 1.82) is 0 Å². The van der Waals surface area contributed by atoms with Gasteiger partial charge in [-0.25, -0.2) is 22.3 Å². The smallest absolute Gasteiger partial charge is 0.240 e. The molecule has 0 saturated heterocycles. The Hall–Kier alpha value is -1.71. The van der Waals surface area contributed by atoms with Crippen LogP contribution in [-0.4, -0.2) is 8.42 Å². The topological polar surface area (TPSA) is 98.2 Å². The van der Waals surface area contributed by atoms with Crippen LogP contribution in [-0.2, 0) is 10.0 Å². The standard InChI is InChI=1S/C12H10BrF2N3O2S/c13-6-3-8(14)12(9(15)4-6)18-7-1-2-11(10(16)5-7)21(17,19)20/h1-5,18H,16H2,(H2,17,19,20). The lowest BCUT2D eigenvalue weighted by molar-refractivity contribution is 0.589. The normalized spacial score (nSPS) is 11.4. The summed E-state index contributed by atoms with van der Waals surface area (Å²) in [6, 6.07) is 5.86. The van der Waals surface area contributed by atoms with Crippen molar-refractivity contribution in [3.8, 4) is 0 Å². The summed E-state index contributed by atoms with van der Waals surface area (Å²) in [4.78, 5) is -0.259. The number of halogens is 3. The molecule has 2 aromatic rings. The zero-order chi connectivity index (χ0) is 15.8. The van der Waals surface area contributed by atoms with E-state index in [1.165, 1.54) is 12.1 Å². The molecule has 0 bridgehead atoms. The molecular weight excluding hydrogens is 368 g/mol. The zero-order valence-electron chi connectivity index (χ0n) is 10.4. The largest absolute Gasteiger partial charge is 0.398 e. The Bertz CT molecular complexity index is 789. The number of hydrogen-bond donors (Lipinski definition) is 3. The van der Waals surface area contributed by atoms with Crippen LogP contribution in [0.5, 0.6) is 0 Å². The molecule has 112 valence electrons. The van der Waals surface area contributed by atoms with Crippen molar-refractivity contribution in [2.45, 2.75) is 4.90 Å². The zero-order valence-corrected chi connectivity index (χ0v) is 12.8. The van der Waals surface area contributed by atoms with Gasteiger partial charge >= 0.3 is 0 Å². The molecule has 2 rings (SSSR count). The van der Waals surface area contributed by atoms with E-state index in [0.717, 1.165) is 18.2 Å². The van der Waals surface area contributed by atoms with Gasteiger partial charge in [-0.3, -0.25) is 0 Å². The second kappa shape index (κ2) is 5.58. The van der Waals surface area contributed by atoms with Gasteiger partial charge in [0.05, 0.1) is 5.69 Å². The van der Waals surface area contributed by atoms with Gasteiger partial charge in [0.1, 0.15) is 10.6 Å². The average Bonchev–Trinajstić information content (AvgIpc) is 2.32. The van der Waals surface area contributed by atoms with E-state index >= 15 is 0 Å². The second-order valence-corrected chi connectivity index (χ2v) is 6.61. The molecule has 0 fully saturated rings. The van der Waals surface area contributed by atoms with Crippen LogP contribution >= 0.6 is 15.9 Å². The summed E-state index contributed by atoms with van der Waals surface area (Å²) in [5.41, 5.74) is 5.29. The van der Waals surface area contributed by atoms with Crippen LogP contribution in [0.25, 0.3) is 0 Å². The van der Waals surface area contributed by atoms with Gasteiger partial charge in [-0.1, -0.05) is 15.9 Å². The first-order valence-electron chi connectivity index (χ1n) is 5.52. The monoisotopic (exact) mass is 377 g/mol. The molecule has 0 unspecified atom stereocenters. The fourth-order valence-electron chi connectivity index (χ4n) is 1.69. The van der Waals surface area contributed by atoms with Crippen LogP contribution in [0.3, 0.4) is 0 Å². The van der Waals surface area contributed by atoms with Gasteiger partial charge < -0.3 is 11.1 Å². The Labute approximate surface area is 128 Å². The highest BCUT2D eigenvalue weighted by molar-refractivity contribution is 9.10. The number of hydrogen-bond acceptors (Lipinski definition) is 4. The molecule has 5 N–H and O–H groups in total. The fourth-order valence-corrected chi connectivity index (χ4v) is 2.74. The highest BCUT2D eigenvalue weighted by Gasteiger charge is 2.14. The van der Waals surface area contributed by atoms with E-state index in [1.807, 2.05) is 0 Å². The van der Waals surface area contributed by atoms with Crippen LogP contribution in [0.4, 0.5) is 25.8 Å². The Kier molecular flexibility index (Phi) is 4.17. The Morgan fingerprint density at radius 2 is 1.67 bits per heavy atom. The number of primary sulfonamides is 1. The van der Waals surface area contributed by atoms with Crippen molar-refractivity contribution >= 4 is 43.0 Å². The lowest BCUT2D eigenvalue weighted by Crippen LogP contribution is -2.14. The number of nitrogen functional groups attached to an aromatic ring is 1. The van der Waals surface area contributed by atoms with Gasteiger partial charge in [0.25, 0.3) is 0 Å². The first-order chi connectivity index (χ1) is 9.68. The molecule has 0 saturated carbocycles. The molecule has 0 aromatic heterocycles. The number of anilines is 3. The van der Waals surface area contributed by atoms with Crippen LogP contribution in [0, 0.1) is 11.6 Å². The summed E-state index contributed by atoms with van der Waals surface area (Å²) in [5.74, 6) is -1.62. The van der Waals surface area contributed by atoms with E-state index < -0.39 is 21.7 Å². The SMILES string of the molecule is Nc1cc(Nc2c(F)cc(Br)cc2F)ccc1S(N)(=O)=O. The minimum absolute atomic E-state index is 0.125. The summed E-state index contributed by atoms with van der Waals surface area (Å²) in [7, 11) is -3.95. The summed E-state index contributed by atoms with van der Waals surface area (Å²) in [6.45, 7) is 0. The predicted octanol–water partition coefficient (Wildman–Crippen LogP) is 2.70. The third-order valence-corrected chi connectivity index (χ3v) is 4.04. The number of rotatable bonds is 3. The van der Waals surface area contributed by atoms with Crippen LogP contribution in [0.1, 0.15) is 0 Å². The number of benzene rings is 2. The van der Waals surface area contributed by atoms with Gasteiger partial charge in [-0.15, -0.1) is 0 Å². The van der Waals surface area contributed by atoms with Gasteiger partial charge in [0.2, 0.25) is 10.0 Å². The molecule has 21 heavy (non-hydrogen) atoms. The number of sulfonamides is 1. The second-order valence-electron chi connectivity index (χ2n) is 4.17. The van der Waals surface area contributed by atoms with Gasteiger partial charge in [-0.2, -0.15) is 0 Å². The predicted molar refractivity (Wildman–Crippen MR) is 79.6 cm³/mol. The number of nitrogens with two attached hydrogens (primary N) is 2. The van der Waals surface area contributed by atoms with Crippen molar-refractivity contribution < 1.29 is 17.2 Å². The van der Waals surface area contributed by atoms with Crippen LogP contribution in [0.15, 0.2) is 39.7 Å². The van der Waals surface area contributed by atoms with Crippen molar-refractivity contribution in [2.75, 3.05) is 11.1 Å². The maximum absolute atomic E-state index is 13.7. The maximum Gasteiger partial charge on any atom is 0.240 e. The average molecular weight is 378 g/mol. The summed E-state index contributed by atoms with van der Waals surface area (Å²) >= 11 is 2.97. The van der Waals surface area contributed by atoms with Crippen molar-refractivity contribution in [3.63, 3.8) is 0 Å². The van der Waals surface area contributed by atoms with E-state index in [0.29, 0.717) is 0 Å². The van der Waals surface area contributed by atoms with E-state index in [-0.39, 0.29) is 26.4 Å². The molecule has 9 heteroatoms. The summed E-state index contributed by atoms with van der Waals surface area (Å²) < 4.78 is 50.1. The molecule has 0 aliphatic carbocycles. The maximum atomic E-state index is 13.7. The molecule has 5 nitrogen and oxygen atoms in total. The molecule has 0 radical (unpaired) electrons. The Balaban J connectivity index is 2.40. The highest BCUT2D eigenvalue weighted by Crippen LogP contribution is 2.29. The van der Waals surface area contributed by atoms with Crippen LogP contribution < -0.4 is 16.2 Å². The molecule has 0 aliphatic heterocycles. The fraction of sp³-hybridized carbons (Fsp3) is 0. The van der Waals surface area contributed by atoms with E-state index in [2.05, 4.69) is 21.2 Å². The first kappa shape index (κ1) is 15.7. The molecule has 0 amide bonds.